The van der Waals surface area contributed by atoms with Gasteiger partial charge in [-0.1, -0.05) is 19.1 Å². The molecular weight excluding hydrogens is 316 g/mol. The lowest BCUT2D eigenvalue weighted by Gasteiger charge is -2.31. The van der Waals surface area contributed by atoms with Crippen molar-refractivity contribution < 1.29 is 9.21 Å². The zero-order valence-electron chi connectivity index (χ0n) is 14.4. The molecule has 1 aromatic heterocycles. The number of rotatable bonds is 4. The van der Waals surface area contributed by atoms with Crippen LogP contribution in [0.2, 0.25) is 0 Å². The Kier molecular flexibility index (Phi) is 5.38. The molecule has 1 saturated heterocycles. The lowest BCUT2D eigenvalue weighted by Crippen LogP contribution is -2.43. The fourth-order valence-corrected chi connectivity index (χ4v) is 3.02. The van der Waals surface area contributed by atoms with Crippen LogP contribution in [-0.2, 0) is 6.54 Å². The van der Waals surface area contributed by atoms with Gasteiger partial charge in [-0.2, -0.15) is 0 Å². The molecule has 6 heteroatoms. The highest BCUT2D eigenvalue weighted by atomic mass is 16.3. The molecule has 0 bridgehead atoms. The van der Waals surface area contributed by atoms with Crippen molar-refractivity contribution in [3.8, 4) is 0 Å². The summed E-state index contributed by atoms with van der Waals surface area (Å²) in [7, 11) is 0. The van der Waals surface area contributed by atoms with Crippen molar-refractivity contribution in [2.24, 2.45) is 16.6 Å². The number of carbonyl (C=O) groups is 1. The van der Waals surface area contributed by atoms with Crippen LogP contribution in [0.4, 0.5) is 5.69 Å². The monoisotopic (exact) mass is 340 g/mol. The van der Waals surface area contributed by atoms with Gasteiger partial charge in [-0.25, -0.2) is 4.99 Å². The minimum atomic E-state index is -0.271. The van der Waals surface area contributed by atoms with E-state index in [4.69, 9.17) is 10.2 Å². The average molecular weight is 340 g/mol. The second-order valence-electron chi connectivity index (χ2n) is 6.50. The molecule has 0 radical (unpaired) electrons. The van der Waals surface area contributed by atoms with Gasteiger partial charge < -0.3 is 20.4 Å². The summed E-state index contributed by atoms with van der Waals surface area (Å²) < 4.78 is 5.10. The quantitative estimate of drug-likeness (QED) is 0.662. The number of hydrogen-bond acceptors (Lipinski definition) is 3. The minimum absolute atomic E-state index is 0.271. The Morgan fingerprint density at radius 2 is 2.28 bits per heavy atom. The molecule has 1 atom stereocenters. The summed E-state index contributed by atoms with van der Waals surface area (Å²) in [5.74, 6) is 1.26. The van der Waals surface area contributed by atoms with E-state index < -0.39 is 0 Å². The molecule has 6 nitrogen and oxygen atoms in total. The Hall–Kier alpha value is -2.76. The van der Waals surface area contributed by atoms with Crippen LogP contribution in [0, 0.1) is 5.92 Å². The molecule has 0 spiro atoms. The Bertz CT molecular complexity index is 740. The molecule has 1 aromatic carbocycles. The normalized spacial score (nSPS) is 18.2. The SMILES string of the molecule is CC1CCCN(C(N)=NCc2cccc(NC(=O)c3ccco3)c2)C1. The Morgan fingerprint density at radius 1 is 1.40 bits per heavy atom. The van der Waals surface area contributed by atoms with Crippen molar-refractivity contribution in [3.63, 3.8) is 0 Å². The van der Waals surface area contributed by atoms with Crippen molar-refractivity contribution in [2.45, 2.75) is 26.3 Å². The highest BCUT2D eigenvalue weighted by Gasteiger charge is 2.17. The molecule has 1 amide bonds. The third-order valence-electron chi connectivity index (χ3n) is 4.33. The summed E-state index contributed by atoms with van der Waals surface area (Å²) in [5, 5.41) is 2.82. The van der Waals surface area contributed by atoms with Gasteiger partial charge in [0, 0.05) is 18.8 Å². The molecule has 3 N–H and O–H groups in total. The highest BCUT2D eigenvalue weighted by Crippen LogP contribution is 2.16. The fourth-order valence-electron chi connectivity index (χ4n) is 3.02. The van der Waals surface area contributed by atoms with Gasteiger partial charge in [0.2, 0.25) is 0 Å². The van der Waals surface area contributed by atoms with Crippen LogP contribution in [0.3, 0.4) is 0 Å². The molecule has 3 rings (SSSR count). The molecule has 25 heavy (non-hydrogen) atoms. The first-order chi connectivity index (χ1) is 12.1. The highest BCUT2D eigenvalue weighted by molar-refractivity contribution is 6.02. The van der Waals surface area contributed by atoms with Crippen LogP contribution in [-0.4, -0.2) is 29.9 Å². The molecule has 132 valence electrons. The van der Waals surface area contributed by atoms with Gasteiger partial charge in [-0.05, 0) is 48.6 Å². The standard InChI is InChI=1S/C19H24N4O2/c1-14-5-3-9-23(13-14)19(20)21-12-15-6-2-7-16(11-15)22-18(24)17-8-4-10-25-17/h2,4,6-8,10-11,14H,3,5,9,12-13H2,1H3,(H2,20,21)(H,22,24). The number of hydrogen-bond donors (Lipinski definition) is 2. The van der Waals surface area contributed by atoms with Gasteiger partial charge in [0.25, 0.3) is 5.91 Å². The lowest BCUT2D eigenvalue weighted by atomic mass is 10.0. The smallest absolute Gasteiger partial charge is 0.291 e. The zero-order valence-corrected chi connectivity index (χ0v) is 14.4. The number of benzene rings is 1. The molecule has 2 heterocycles. The van der Waals surface area contributed by atoms with Crippen molar-refractivity contribution in [1.29, 1.82) is 0 Å². The number of nitrogens with zero attached hydrogens (tertiary/aromatic N) is 2. The zero-order chi connectivity index (χ0) is 17.6. The van der Waals surface area contributed by atoms with Gasteiger partial charge in [0.15, 0.2) is 11.7 Å². The van der Waals surface area contributed by atoms with Gasteiger partial charge in [0.05, 0.1) is 12.8 Å². The second-order valence-corrected chi connectivity index (χ2v) is 6.50. The van der Waals surface area contributed by atoms with Crippen LogP contribution in [0.5, 0.6) is 0 Å². The van der Waals surface area contributed by atoms with Crippen LogP contribution < -0.4 is 11.1 Å². The van der Waals surface area contributed by atoms with Crippen LogP contribution >= 0.6 is 0 Å². The van der Waals surface area contributed by atoms with Crippen LogP contribution in [0.1, 0.15) is 35.9 Å². The Balaban J connectivity index is 1.61. The number of anilines is 1. The van der Waals surface area contributed by atoms with E-state index in [9.17, 15) is 4.79 Å². The molecule has 1 unspecified atom stereocenters. The number of piperidine rings is 1. The van der Waals surface area contributed by atoms with Crippen molar-refractivity contribution in [1.82, 2.24) is 4.90 Å². The summed E-state index contributed by atoms with van der Waals surface area (Å²) in [6.07, 6.45) is 3.89. The summed E-state index contributed by atoms with van der Waals surface area (Å²) >= 11 is 0. The molecule has 2 aromatic rings. The van der Waals surface area contributed by atoms with Gasteiger partial charge in [-0.15, -0.1) is 0 Å². The van der Waals surface area contributed by atoms with Gasteiger partial charge in [0.1, 0.15) is 0 Å². The predicted molar refractivity (Wildman–Crippen MR) is 98.4 cm³/mol. The molecular formula is C19H24N4O2. The van der Waals surface area contributed by atoms with E-state index in [1.54, 1.807) is 12.1 Å². The number of guanidine groups is 1. The lowest BCUT2D eigenvalue weighted by molar-refractivity contribution is 0.0996. The maximum absolute atomic E-state index is 12.0. The van der Waals surface area contributed by atoms with E-state index >= 15 is 0 Å². The molecule has 0 saturated carbocycles. The van der Waals surface area contributed by atoms with E-state index in [1.165, 1.54) is 12.7 Å². The summed E-state index contributed by atoms with van der Waals surface area (Å²) in [6, 6.07) is 10.9. The number of nitrogens with one attached hydrogen (secondary N) is 1. The van der Waals surface area contributed by atoms with Crippen molar-refractivity contribution in [3.05, 3.63) is 54.0 Å². The van der Waals surface area contributed by atoms with E-state index in [1.807, 2.05) is 24.3 Å². The number of furan rings is 1. The van der Waals surface area contributed by atoms with Crippen molar-refractivity contribution in [2.75, 3.05) is 18.4 Å². The van der Waals surface area contributed by atoms with E-state index in [2.05, 4.69) is 22.1 Å². The molecule has 0 aliphatic carbocycles. The minimum Gasteiger partial charge on any atom is -0.459 e. The van der Waals surface area contributed by atoms with Crippen molar-refractivity contribution >= 4 is 17.6 Å². The first-order valence-electron chi connectivity index (χ1n) is 8.60. The summed E-state index contributed by atoms with van der Waals surface area (Å²) in [6.45, 7) is 4.67. The first-order valence-corrected chi connectivity index (χ1v) is 8.60. The number of aliphatic imine (C=N–C) groups is 1. The third-order valence-corrected chi connectivity index (χ3v) is 4.33. The topological polar surface area (TPSA) is 83.9 Å². The maximum atomic E-state index is 12.0. The maximum Gasteiger partial charge on any atom is 0.291 e. The van der Waals surface area contributed by atoms with E-state index in [0.29, 0.717) is 24.1 Å². The number of likely N-dealkylation sites (tertiary alicyclic amines) is 1. The first kappa shape index (κ1) is 17.1. The average Bonchev–Trinajstić information content (AvgIpc) is 3.15. The Labute approximate surface area is 147 Å². The number of amides is 1. The molecule has 1 aliphatic rings. The fraction of sp³-hybridized carbons (Fsp3) is 0.368. The van der Waals surface area contributed by atoms with Crippen LogP contribution in [0.15, 0.2) is 52.1 Å². The number of carbonyl (C=O) groups excluding carboxylic acids is 1. The van der Waals surface area contributed by atoms with E-state index in [0.717, 1.165) is 25.1 Å². The number of nitrogens with two attached hydrogens (primary N) is 1. The molecule has 1 aliphatic heterocycles. The van der Waals surface area contributed by atoms with Crippen LogP contribution in [0.25, 0.3) is 0 Å². The third kappa shape index (κ3) is 4.62. The predicted octanol–water partition coefficient (Wildman–Crippen LogP) is 3.08. The molecule has 1 fully saturated rings. The van der Waals surface area contributed by atoms with E-state index in [-0.39, 0.29) is 11.7 Å². The van der Waals surface area contributed by atoms with Gasteiger partial charge >= 0.3 is 0 Å². The summed E-state index contributed by atoms with van der Waals surface area (Å²) in [4.78, 5) is 18.7. The summed E-state index contributed by atoms with van der Waals surface area (Å²) in [5.41, 5.74) is 7.83. The second kappa shape index (κ2) is 7.88. The Morgan fingerprint density at radius 3 is 3.04 bits per heavy atom. The largest absolute Gasteiger partial charge is 0.459 e. The van der Waals surface area contributed by atoms with Gasteiger partial charge in [-0.3, -0.25) is 4.79 Å².